The summed E-state index contributed by atoms with van der Waals surface area (Å²) in [5, 5.41) is 24.7. The van der Waals surface area contributed by atoms with Crippen molar-refractivity contribution >= 4 is 28.6 Å². The number of carbonyl (C=O) groups excluding carboxylic acids is 1. The molecular weight excluding hydrogens is 366 g/mol. The highest BCUT2D eigenvalue weighted by Gasteiger charge is 2.17. The smallest absolute Gasteiger partial charge is 0.312 e. The van der Waals surface area contributed by atoms with Gasteiger partial charge in [-0.25, -0.2) is 0 Å². The minimum absolute atomic E-state index is 0.0324. The topological polar surface area (TPSA) is 105 Å². The Hall–Kier alpha value is -3.70. The third-order valence-corrected chi connectivity index (χ3v) is 4.71. The van der Waals surface area contributed by atoms with Crippen molar-refractivity contribution in [2.75, 3.05) is 5.32 Å². The van der Waals surface area contributed by atoms with E-state index in [0.29, 0.717) is 16.3 Å². The van der Waals surface area contributed by atoms with Gasteiger partial charge in [-0.3, -0.25) is 14.9 Å². The van der Waals surface area contributed by atoms with Gasteiger partial charge in [0.2, 0.25) is 5.75 Å². The summed E-state index contributed by atoms with van der Waals surface area (Å²) >= 11 is 1.37. The molecule has 0 unspecified atom stereocenters. The van der Waals surface area contributed by atoms with E-state index in [1.165, 1.54) is 23.5 Å². The Kier molecular flexibility index (Phi) is 5.15. The lowest BCUT2D eigenvalue weighted by molar-refractivity contribution is -0.385. The van der Waals surface area contributed by atoms with Gasteiger partial charge in [0.25, 0.3) is 5.91 Å². The molecule has 8 heteroatoms. The maximum atomic E-state index is 12.2. The van der Waals surface area contributed by atoms with Gasteiger partial charge in [-0.2, -0.15) is 5.26 Å². The highest BCUT2D eigenvalue weighted by atomic mass is 32.1. The van der Waals surface area contributed by atoms with Crippen LogP contribution in [0, 0.1) is 28.4 Å². The average Bonchev–Trinajstić information content (AvgIpc) is 3.09. The Labute approximate surface area is 158 Å². The number of nitriles is 1. The predicted molar refractivity (Wildman–Crippen MR) is 101 cm³/mol. The van der Waals surface area contributed by atoms with Gasteiger partial charge >= 0.3 is 5.69 Å². The summed E-state index contributed by atoms with van der Waals surface area (Å²) < 4.78 is 5.56. The van der Waals surface area contributed by atoms with Crippen molar-refractivity contribution in [3.05, 3.63) is 80.0 Å². The van der Waals surface area contributed by atoms with Crippen molar-refractivity contribution in [3.63, 3.8) is 0 Å². The van der Waals surface area contributed by atoms with Crippen LogP contribution in [-0.4, -0.2) is 10.8 Å². The van der Waals surface area contributed by atoms with Crippen LogP contribution in [0.1, 0.15) is 20.8 Å². The molecule has 0 aliphatic rings. The van der Waals surface area contributed by atoms with Crippen molar-refractivity contribution < 1.29 is 14.5 Å². The van der Waals surface area contributed by atoms with Crippen LogP contribution in [0.2, 0.25) is 0 Å². The summed E-state index contributed by atoms with van der Waals surface area (Å²) in [5.74, 6) is 0.206. The third kappa shape index (κ3) is 4.11. The van der Waals surface area contributed by atoms with Crippen LogP contribution in [0.5, 0.6) is 11.5 Å². The summed E-state index contributed by atoms with van der Waals surface area (Å²) in [4.78, 5) is 23.4. The number of thiophene rings is 1. The molecule has 0 bridgehead atoms. The number of nitro benzene ring substituents is 1. The minimum atomic E-state index is -0.603. The number of ether oxygens (including phenoxy) is 1. The first-order valence-corrected chi connectivity index (χ1v) is 8.68. The molecule has 1 amide bonds. The molecule has 7 nitrogen and oxygen atoms in total. The lowest BCUT2D eigenvalue weighted by Gasteiger charge is -2.08. The summed E-state index contributed by atoms with van der Waals surface area (Å²) in [6.45, 7) is 1.87. The van der Waals surface area contributed by atoms with E-state index in [4.69, 9.17) is 10.00 Å². The monoisotopic (exact) mass is 379 g/mol. The first-order valence-electron chi connectivity index (χ1n) is 7.80. The van der Waals surface area contributed by atoms with Crippen LogP contribution in [0.15, 0.2) is 53.9 Å². The highest BCUT2D eigenvalue weighted by molar-refractivity contribution is 7.12. The predicted octanol–water partition coefficient (Wildman–Crippen LogP) is 4.88. The number of amides is 1. The molecule has 0 aliphatic heterocycles. The Morgan fingerprint density at radius 1 is 1.22 bits per heavy atom. The van der Waals surface area contributed by atoms with Crippen LogP contribution < -0.4 is 10.1 Å². The molecule has 0 fully saturated rings. The van der Waals surface area contributed by atoms with E-state index in [0.717, 1.165) is 11.6 Å². The fourth-order valence-corrected chi connectivity index (χ4v) is 3.16. The van der Waals surface area contributed by atoms with Gasteiger partial charge < -0.3 is 10.1 Å². The van der Waals surface area contributed by atoms with Crippen LogP contribution in [0.4, 0.5) is 11.4 Å². The van der Waals surface area contributed by atoms with Gasteiger partial charge in [0.15, 0.2) is 0 Å². The normalized spacial score (nSPS) is 10.1. The van der Waals surface area contributed by atoms with Crippen LogP contribution in [0.3, 0.4) is 0 Å². The zero-order valence-electron chi connectivity index (χ0n) is 14.1. The second kappa shape index (κ2) is 7.68. The molecule has 0 spiro atoms. The van der Waals surface area contributed by atoms with Crippen molar-refractivity contribution in [2.45, 2.75) is 6.92 Å². The van der Waals surface area contributed by atoms with Gasteiger partial charge in [-0.1, -0.05) is 0 Å². The second-order valence-electron chi connectivity index (χ2n) is 5.56. The molecule has 0 atom stereocenters. The van der Waals surface area contributed by atoms with Crippen LogP contribution in [-0.2, 0) is 0 Å². The number of benzene rings is 2. The standard InChI is InChI=1S/C19H13N3O4S/c1-12-8-9-27-18(12)19(23)21-14-3-5-15(6-4-14)26-17-7-2-13(11-20)10-16(17)22(24)25/h2-10H,1H3,(H,21,23). The van der Waals surface area contributed by atoms with Crippen molar-refractivity contribution in [3.8, 4) is 17.6 Å². The van der Waals surface area contributed by atoms with E-state index < -0.39 is 4.92 Å². The van der Waals surface area contributed by atoms with Crippen molar-refractivity contribution in [2.24, 2.45) is 0 Å². The molecule has 1 heterocycles. The number of carbonyl (C=O) groups is 1. The van der Waals surface area contributed by atoms with Gasteiger partial charge in [0, 0.05) is 11.8 Å². The molecule has 1 aromatic heterocycles. The number of hydrogen-bond donors (Lipinski definition) is 1. The molecule has 2 aromatic carbocycles. The average molecular weight is 379 g/mol. The SMILES string of the molecule is Cc1ccsc1C(=O)Nc1ccc(Oc2ccc(C#N)cc2[N+](=O)[O-])cc1. The third-order valence-electron chi connectivity index (χ3n) is 3.69. The maximum absolute atomic E-state index is 12.2. The fourth-order valence-electron chi connectivity index (χ4n) is 2.34. The molecule has 27 heavy (non-hydrogen) atoms. The number of nitrogens with one attached hydrogen (secondary N) is 1. The van der Waals surface area contributed by atoms with E-state index >= 15 is 0 Å². The van der Waals surface area contributed by atoms with Crippen molar-refractivity contribution in [1.82, 2.24) is 0 Å². The first kappa shape index (κ1) is 18.1. The molecule has 0 aliphatic carbocycles. The van der Waals surface area contributed by atoms with E-state index in [-0.39, 0.29) is 22.9 Å². The Balaban J connectivity index is 1.75. The van der Waals surface area contributed by atoms with Gasteiger partial charge in [-0.15, -0.1) is 11.3 Å². The minimum Gasteiger partial charge on any atom is -0.450 e. The Morgan fingerprint density at radius 3 is 2.56 bits per heavy atom. The zero-order chi connectivity index (χ0) is 19.4. The lowest BCUT2D eigenvalue weighted by Crippen LogP contribution is -2.11. The van der Waals surface area contributed by atoms with Gasteiger partial charge in [0.1, 0.15) is 5.75 Å². The molecule has 3 aromatic rings. The van der Waals surface area contributed by atoms with Crippen molar-refractivity contribution in [1.29, 1.82) is 5.26 Å². The summed E-state index contributed by atoms with van der Waals surface area (Å²) in [6, 6.07) is 14.2. The molecular formula is C19H13N3O4S. The van der Waals surface area contributed by atoms with Gasteiger partial charge in [0.05, 0.1) is 21.4 Å². The molecule has 0 radical (unpaired) electrons. The number of hydrogen-bond acceptors (Lipinski definition) is 6. The van der Waals surface area contributed by atoms with E-state index in [1.807, 2.05) is 24.4 Å². The second-order valence-corrected chi connectivity index (χ2v) is 6.48. The Bertz CT molecular complexity index is 1050. The summed E-state index contributed by atoms with van der Waals surface area (Å²) in [6.07, 6.45) is 0. The Morgan fingerprint density at radius 2 is 1.96 bits per heavy atom. The molecule has 1 N–H and O–H groups in total. The maximum Gasteiger partial charge on any atom is 0.312 e. The fraction of sp³-hybridized carbons (Fsp3) is 0.0526. The molecule has 0 saturated heterocycles. The zero-order valence-corrected chi connectivity index (χ0v) is 14.9. The molecule has 0 saturated carbocycles. The first-order chi connectivity index (χ1) is 13.0. The number of rotatable bonds is 5. The highest BCUT2D eigenvalue weighted by Crippen LogP contribution is 2.32. The van der Waals surface area contributed by atoms with E-state index in [9.17, 15) is 14.9 Å². The van der Waals surface area contributed by atoms with E-state index in [2.05, 4.69) is 5.32 Å². The molecule has 134 valence electrons. The van der Waals surface area contributed by atoms with Crippen LogP contribution >= 0.6 is 11.3 Å². The summed E-state index contributed by atoms with van der Waals surface area (Å²) in [7, 11) is 0. The van der Waals surface area contributed by atoms with Crippen LogP contribution in [0.25, 0.3) is 0 Å². The summed E-state index contributed by atoms with van der Waals surface area (Å²) in [5.41, 5.74) is 1.37. The molecule has 3 rings (SSSR count). The quantitative estimate of drug-likeness (QED) is 0.502. The number of anilines is 1. The largest absolute Gasteiger partial charge is 0.450 e. The van der Waals surface area contributed by atoms with E-state index in [1.54, 1.807) is 24.3 Å². The number of nitro groups is 1. The number of aryl methyl sites for hydroxylation is 1. The number of nitrogens with zero attached hydrogens (tertiary/aromatic N) is 2. The lowest BCUT2D eigenvalue weighted by atomic mass is 10.2. The van der Waals surface area contributed by atoms with Gasteiger partial charge in [-0.05, 0) is 60.3 Å².